The molecule has 1 aliphatic rings. The highest BCUT2D eigenvalue weighted by Gasteiger charge is 2.43. The Morgan fingerprint density at radius 1 is 0.879 bits per heavy atom. The summed E-state index contributed by atoms with van der Waals surface area (Å²) in [5, 5.41) is 8.76. The van der Waals surface area contributed by atoms with E-state index < -0.39 is 48.3 Å². The average Bonchev–Trinajstić information content (AvgIpc) is 3.65. The quantitative estimate of drug-likeness (QED) is 0.143. The summed E-state index contributed by atoms with van der Waals surface area (Å²) >= 11 is 0. The van der Waals surface area contributed by atoms with Gasteiger partial charge in [0.15, 0.2) is 0 Å². The lowest BCUT2D eigenvalue weighted by Crippen LogP contribution is -2.60. The fraction of sp³-hybridized carbons (Fsp3) is 0.711. The fourth-order valence-corrected chi connectivity index (χ4v) is 8.22. The van der Waals surface area contributed by atoms with Crippen molar-refractivity contribution in [3.05, 3.63) is 48.2 Å². The van der Waals surface area contributed by atoms with Crippen LogP contribution in [-0.2, 0) is 39.9 Å². The number of likely N-dealkylation sites (N-methyl/N-ethyl adjacent to an activating group) is 2. The summed E-state index contributed by atoms with van der Waals surface area (Å²) in [6, 6.07) is 6.68. The van der Waals surface area contributed by atoms with Crippen LogP contribution in [0.3, 0.4) is 0 Å². The van der Waals surface area contributed by atoms with Crippen LogP contribution in [-0.4, -0.2) is 128 Å². The van der Waals surface area contributed by atoms with E-state index in [0.717, 1.165) is 18.4 Å². The molecule has 0 saturated carbocycles. The Bertz CT molecular complexity index is 1500. The monoisotopic (exact) mass is 813 g/mol. The summed E-state index contributed by atoms with van der Waals surface area (Å²) in [7, 11) is 6.76. The molecule has 3 N–H and O–H groups in total. The van der Waals surface area contributed by atoms with Gasteiger partial charge >= 0.3 is 0 Å². The van der Waals surface area contributed by atoms with E-state index in [0.29, 0.717) is 18.7 Å². The largest absolute Gasteiger partial charge is 0.379 e. The third kappa shape index (κ3) is 13.6. The number of allylic oxidation sites excluding steroid dienone is 1. The third-order valence-electron chi connectivity index (χ3n) is 11.9. The van der Waals surface area contributed by atoms with E-state index in [9.17, 15) is 24.0 Å². The number of hydrogen-bond donors (Lipinski definition) is 3. The van der Waals surface area contributed by atoms with Gasteiger partial charge in [-0.3, -0.25) is 28.9 Å². The standard InChI is InChI=1S/C45H76N6O7/c1-16-31(10)40(50(13)45(56)38(27(2)3)48-44(55)39(28(4)5)49(12)30(8)9)36(57-14)26-37(52)51-24-20-23-35(51)41(58-15)32(11)42(53)47-34(43(54)46-29(6)7)25-33-21-18-17-19-22-33/h17-19,21-22,27-28,30-32,34-36,38-41H,6,16,20,23-26H2,1-5,7-15H3,(H,46,54)(H,47,53)(H,48,55)/t31-,32+,34-,35-,36+,38-,39-,40-,41+/m0/s1. The van der Waals surface area contributed by atoms with Crippen molar-refractivity contribution in [2.75, 3.05) is 34.9 Å². The number of likely N-dealkylation sites (tertiary alicyclic amines) is 1. The Kier molecular flexibility index (Phi) is 20.6. The van der Waals surface area contributed by atoms with Crippen LogP contribution in [0, 0.1) is 23.7 Å². The van der Waals surface area contributed by atoms with Crippen LogP contribution in [0.5, 0.6) is 0 Å². The number of carbonyl (C=O) groups excluding carboxylic acids is 5. The van der Waals surface area contributed by atoms with Gasteiger partial charge in [-0.05, 0) is 64.0 Å². The first-order chi connectivity index (χ1) is 27.2. The summed E-state index contributed by atoms with van der Waals surface area (Å²) in [5.74, 6) is -2.23. The molecule has 1 aromatic rings. The second-order valence-electron chi connectivity index (χ2n) is 17.3. The van der Waals surface area contributed by atoms with Crippen molar-refractivity contribution in [3.63, 3.8) is 0 Å². The molecule has 0 aliphatic carbocycles. The first-order valence-electron chi connectivity index (χ1n) is 21.2. The van der Waals surface area contributed by atoms with E-state index in [-0.39, 0.29) is 66.2 Å². The maximum absolute atomic E-state index is 14.4. The van der Waals surface area contributed by atoms with Crippen molar-refractivity contribution in [1.82, 2.24) is 30.7 Å². The summed E-state index contributed by atoms with van der Waals surface area (Å²) in [5.41, 5.74) is 1.36. The van der Waals surface area contributed by atoms with E-state index in [2.05, 4.69) is 22.5 Å². The maximum Gasteiger partial charge on any atom is 0.247 e. The Balaban J connectivity index is 2.32. The van der Waals surface area contributed by atoms with Crippen molar-refractivity contribution in [1.29, 1.82) is 0 Å². The molecule has 0 radical (unpaired) electrons. The molecule has 0 aromatic heterocycles. The van der Waals surface area contributed by atoms with E-state index in [1.165, 1.54) is 7.11 Å². The highest BCUT2D eigenvalue weighted by atomic mass is 16.5. The second-order valence-corrected chi connectivity index (χ2v) is 17.3. The Hall–Kier alpha value is -3.81. The van der Waals surface area contributed by atoms with Gasteiger partial charge in [-0.25, -0.2) is 0 Å². The second kappa shape index (κ2) is 23.7. The summed E-state index contributed by atoms with van der Waals surface area (Å²) in [6.07, 6.45) is 1.08. The highest BCUT2D eigenvalue weighted by Crippen LogP contribution is 2.30. The highest BCUT2D eigenvalue weighted by molar-refractivity contribution is 5.91. The zero-order chi connectivity index (χ0) is 44.0. The number of benzene rings is 1. The molecule has 1 heterocycles. The molecule has 1 aromatic carbocycles. The minimum atomic E-state index is -0.853. The fourth-order valence-electron chi connectivity index (χ4n) is 8.22. The average molecular weight is 813 g/mol. The van der Waals surface area contributed by atoms with E-state index >= 15 is 0 Å². The van der Waals surface area contributed by atoms with Gasteiger partial charge in [0.25, 0.3) is 0 Å². The normalized spacial score (nSPS) is 18.6. The van der Waals surface area contributed by atoms with Crippen LogP contribution in [0.2, 0.25) is 0 Å². The molecule has 5 amide bonds. The van der Waals surface area contributed by atoms with Crippen LogP contribution in [0.1, 0.15) is 100 Å². The summed E-state index contributed by atoms with van der Waals surface area (Å²) in [6.45, 7) is 23.7. The predicted octanol–water partition coefficient (Wildman–Crippen LogP) is 4.79. The number of amides is 5. The molecular formula is C45H76N6O7. The van der Waals surface area contributed by atoms with Crippen LogP contribution in [0.15, 0.2) is 42.6 Å². The third-order valence-corrected chi connectivity index (χ3v) is 11.9. The molecule has 9 atom stereocenters. The summed E-state index contributed by atoms with van der Waals surface area (Å²) in [4.78, 5) is 75.0. The molecule has 0 bridgehead atoms. The van der Waals surface area contributed by atoms with Gasteiger partial charge in [-0.2, -0.15) is 0 Å². The number of ether oxygens (including phenoxy) is 2. The molecule has 0 spiro atoms. The lowest BCUT2D eigenvalue weighted by atomic mass is 9.89. The van der Waals surface area contributed by atoms with Crippen LogP contribution >= 0.6 is 0 Å². The molecule has 2 rings (SSSR count). The molecular weight excluding hydrogens is 737 g/mol. The van der Waals surface area contributed by atoms with Gasteiger partial charge in [-0.1, -0.05) is 91.8 Å². The molecule has 58 heavy (non-hydrogen) atoms. The van der Waals surface area contributed by atoms with Crippen LogP contribution < -0.4 is 16.0 Å². The van der Waals surface area contributed by atoms with Crippen molar-refractivity contribution in [2.45, 2.75) is 150 Å². The number of rotatable bonds is 23. The Morgan fingerprint density at radius 2 is 1.50 bits per heavy atom. The van der Waals surface area contributed by atoms with Crippen molar-refractivity contribution >= 4 is 29.5 Å². The minimum absolute atomic E-state index is 0.00414. The van der Waals surface area contributed by atoms with Gasteiger partial charge in [0, 0.05) is 46.0 Å². The predicted molar refractivity (Wildman–Crippen MR) is 229 cm³/mol. The number of hydrogen-bond acceptors (Lipinski definition) is 8. The SMILES string of the molecule is C=C(C)NC(=O)[C@H](Cc1ccccc1)NC(=O)[C@H](C)[C@@H](OC)[C@@H]1CCCN1C(=O)C[C@@H](OC)[C@H]([C@@H](C)CC)N(C)C(=O)[C@@H](NC(=O)[C@H](C(C)C)N(C)C(C)C)C(C)C. The Morgan fingerprint density at radius 3 is 2.00 bits per heavy atom. The van der Waals surface area contributed by atoms with E-state index in [1.807, 2.05) is 97.7 Å². The zero-order valence-electron chi connectivity index (χ0n) is 38.0. The first-order valence-corrected chi connectivity index (χ1v) is 21.2. The first kappa shape index (κ1) is 50.3. The number of nitrogens with one attached hydrogen (secondary N) is 3. The lowest BCUT2D eigenvalue weighted by Gasteiger charge is -2.41. The van der Waals surface area contributed by atoms with Crippen molar-refractivity contribution in [2.24, 2.45) is 23.7 Å². The molecule has 1 saturated heterocycles. The molecule has 1 aliphatic heterocycles. The van der Waals surface area contributed by atoms with Crippen molar-refractivity contribution < 1.29 is 33.4 Å². The Labute approximate surface area is 349 Å². The molecule has 0 unspecified atom stereocenters. The van der Waals surface area contributed by atoms with Gasteiger partial charge < -0.3 is 35.2 Å². The number of methoxy groups -OCH3 is 2. The van der Waals surface area contributed by atoms with Gasteiger partial charge in [0.05, 0.1) is 42.7 Å². The van der Waals surface area contributed by atoms with Gasteiger partial charge in [0.2, 0.25) is 29.5 Å². The number of carbonyl (C=O) groups is 5. The van der Waals surface area contributed by atoms with Crippen molar-refractivity contribution in [3.8, 4) is 0 Å². The number of nitrogens with zero attached hydrogens (tertiary/aromatic N) is 3. The lowest BCUT2D eigenvalue weighted by molar-refractivity contribution is -0.148. The maximum atomic E-state index is 14.4. The summed E-state index contributed by atoms with van der Waals surface area (Å²) < 4.78 is 12.0. The topological polar surface area (TPSA) is 150 Å². The molecule has 1 fully saturated rings. The van der Waals surface area contributed by atoms with Crippen LogP contribution in [0.25, 0.3) is 0 Å². The van der Waals surface area contributed by atoms with E-state index in [1.54, 1.807) is 37.8 Å². The minimum Gasteiger partial charge on any atom is -0.379 e. The zero-order valence-corrected chi connectivity index (χ0v) is 38.0. The van der Waals surface area contributed by atoms with Gasteiger partial charge in [0.1, 0.15) is 12.1 Å². The smallest absolute Gasteiger partial charge is 0.247 e. The van der Waals surface area contributed by atoms with E-state index in [4.69, 9.17) is 9.47 Å². The van der Waals surface area contributed by atoms with Gasteiger partial charge in [-0.15, -0.1) is 0 Å². The molecule has 328 valence electrons. The molecule has 13 nitrogen and oxygen atoms in total. The van der Waals surface area contributed by atoms with Crippen LogP contribution in [0.4, 0.5) is 0 Å². The molecule has 13 heteroatoms.